The zero-order valence-corrected chi connectivity index (χ0v) is 13.0. The van der Waals surface area contributed by atoms with Crippen molar-refractivity contribution in [1.82, 2.24) is 4.98 Å². The van der Waals surface area contributed by atoms with Crippen molar-refractivity contribution in [3.05, 3.63) is 77.2 Å². The van der Waals surface area contributed by atoms with E-state index in [1.807, 2.05) is 12.1 Å². The maximum atomic E-state index is 12.9. The number of hydrogen-bond donors (Lipinski definition) is 0. The number of fused-ring (bicyclic) bond motifs is 1. The Hall–Kier alpha value is -3.08. The van der Waals surface area contributed by atoms with E-state index in [0.29, 0.717) is 27.7 Å². The molecular weight excluding hydrogens is 309 g/mol. The Morgan fingerprint density at radius 2 is 1.79 bits per heavy atom. The third-order valence-corrected chi connectivity index (χ3v) is 3.56. The number of pyridine rings is 1. The second-order valence-electron chi connectivity index (χ2n) is 5.33. The molecule has 120 valence electrons. The molecule has 24 heavy (non-hydrogen) atoms. The quantitative estimate of drug-likeness (QED) is 0.542. The Balaban J connectivity index is 1.78. The van der Waals surface area contributed by atoms with Crippen LogP contribution < -0.4 is 0 Å². The zero-order chi connectivity index (χ0) is 17.1. The fraction of sp³-hybridized carbons (Fsp3) is 0.105. The van der Waals surface area contributed by atoms with E-state index in [2.05, 4.69) is 4.98 Å². The monoisotopic (exact) mass is 323 g/mol. The van der Waals surface area contributed by atoms with Crippen LogP contribution in [-0.4, -0.2) is 23.3 Å². The van der Waals surface area contributed by atoms with Crippen LogP contribution in [0.1, 0.15) is 26.4 Å². The predicted octanol–water partition coefficient (Wildman–Crippen LogP) is 3.72. The van der Waals surface area contributed by atoms with E-state index in [-0.39, 0.29) is 0 Å². The highest BCUT2D eigenvalue weighted by molar-refractivity contribution is 6.05. The minimum Gasteiger partial charge on any atom is -0.454 e. The van der Waals surface area contributed by atoms with Gasteiger partial charge in [0.05, 0.1) is 11.1 Å². The molecular formula is C19H14FNO3. The van der Waals surface area contributed by atoms with Crippen LogP contribution in [0.5, 0.6) is 0 Å². The molecule has 0 spiro atoms. The number of para-hydroxylation sites is 1. The smallest absolute Gasteiger partial charge is 0.339 e. The number of carbonyl (C=O) groups excluding carboxylic acids is 2. The predicted molar refractivity (Wildman–Crippen MR) is 87.5 cm³/mol. The molecule has 0 N–H and O–H groups in total. The summed E-state index contributed by atoms with van der Waals surface area (Å²) in [7, 11) is 0. The van der Waals surface area contributed by atoms with Crippen LogP contribution in [0.2, 0.25) is 0 Å². The Morgan fingerprint density at radius 1 is 1.08 bits per heavy atom. The number of ketones is 1. The Morgan fingerprint density at radius 3 is 2.54 bits per heavy atom. The van der Waals surface area contributed by atoms with Crippen LogP contribution in [0.4, 0.5) is 4.39 Å². The van der Waals surface area contributed by atoms with Gasteiger partial charge in [0, 0.05) is 16.6 Å². The summed E-state index contributed by atoms with van der Waals surface area (Å²) in [6.07, 6.45) is 0. The summed E-state index contributed by atoms with van der Waals surface area (Å²) in [5, 5.41) is 0.669. The molecule has 3 rings (SSSR count). The van der Waals surface area contributed by atoms with Gasteiger partial charge in [-0.15, -0.1) is 0 Å². The molecule has 0 fully saturated rings. The number of carbonyl (C=O) groups is 2. The van der Waals surface area contributed by atoms with Gasteiger partial charge in [-0.3, -0.25) is 9.78 Å². The number of halogens is 1. The van der Waals surface area contributed by atoms with Gasteiger partial charge in [-0.25, -0.2) is 9.18 Å². The molecule has 0 amide bonds. The van der Waals surface area contributed by atoms with E-state index < -0.39 is 24.2 Å². The molecule has 0 saturated carbocycles. The first-order chi connectivity index (χ1) is 11.5. The van der Waals surface area contributed by atoms with E-state index in [0.717, 1.165) is 0 Å². The molecule has 0 aliphatic heterocycles. The minimum atomic E-state index is -0.591. The lowest BCUT2D eigenvalue weighted by Gasteiger charge is -2.08. The van der Waals surface area contributed by atoms with Crippen molar-refractivity contribution in [2.45, 2.75) is 6.92 Å². The van der Waals surface area contributed by atoms with E-state index in [1.54, 1.807) is 25.1 Å². The van der Waals surface area contributed by atoms with Gasteiger partial charge in [0.1, 0.15) is 5.82 Å². The molecule has 2 aromatic carbocycles. The maximum Gasteiger partial charge on any atom is 0.339 e. The average molecular weight is 323 g/mol. The van der Waals surface area contributed by atoms with E-state index in [4.69, 9.17) is 4.74 Å². The topological polar surface area (TPSA) is 56.3 Å². The normalized spacial score (nSPS) is 10.6. The third kappa shape index (κ3) is 3.30. The molecule has 4 nitrogen and oxygen atoms in total. The Kier molecular flexibility index (Phi) is 4.33. The molecule has 0 saturated heterocycles. The Labute approximate surface area is 137 Å². The summed E-state index contributed by atoms with van der Waals surface area (Å²) in [5.41, 5.74) is 2.03. The van der Waals surface area contributed by atoms with Crippen LogP contribution in [0.25, 0.3) is 10.9 Å². The van der Waals surface area contributed by atoms with Gasteiger partial charge in [-0.1, -0.05) is 18.2 Å². The Bertz CT molecular complexity index is 920. The van der Waals surface area contributed by atoms with Gasteiger partial charge in [-0.05, 0) is 43.3 Å². The first kappa shape index (κ1) is 15.8. The number of ether oxygens (including phenoxy) is 1. The van der Waals surface area contributed by atoms with E-state index in [1.165, 1.54) is 24.3 Å². The molecule has 5 heteroatoms. The van der Waals surface area contributed by atoms with Crippen molar-refractivity contribution in [3.8, 4) is 0 Å². The largest absolute Gasteiger partial charge is 0.454 e. The van der Waals surface area contributed by atoms with Crippen LogP contribution in [0.15, 0.2) is 54.6 Å². The van der Waals surface area contributed by atoms with Crippen molar-refractivity contribution in [1.29, 1.82) is 0 Å². The van der Waals surface area contributed by atoms with Gasteiger partial charge in [-0.2, -0.15) is 0 Å². The number of benzene rings is 2. The molecule has 0 unspecified atom stereocenters. The van der Waals surface area contributed by atoms with E-state index >= 15 is 0 Å². The number of Topliss-reactive ketones (excluding diaryl/α,β-unsaturated/α-hetero) is 1. The first-order valence-electron chi connectivity index (χ1n) is 7.37. The molecule has 0 bridgehead atoms. The second kappa shape index (κ2) is 6.58. The number of esters is 1. The van der Waals surface area contributed by atoms with Crippen molar-refractivity contribution in [2.75, 3.05) is 6.61 Å². The lowest BCUT2D eigenvalue weighted by molar-refractivity contribution is 0.0476. The number of hydrogen-bond acceptors (Lipinski definition) is 4. The summed E-state index contributed by atoms with van der Waals surface area (Å²) in [4.78, 5) is 28.7. The molecule has 1 heterocycles. The number of aryl methyl sites for hydroxylation is 1. The SMILES string of the molecule is Cc1cc(C(=O)OCC(=O)c2ccc(F)cc2)c2ccccc2n1. The fourth-order valence-electron chi connectivity index (χ4n) is 2.40. The van der Waals surface area contributed by atoms with Gasteiger partial charge < -0.3 is 4.74 Å². The van der Waals surface area contributed by atoms with Crippen molar-refractivity contribution in [3.63, 3.8) is 0 Å². The van der Waals surface area contributed by atoms with Gasteiger partial charge in [0.2, 0.25) is 0 Å². The molecule has 3 aromatic rings. The average Bonchev–Trinajstić information content (AvgIpc) is 2.59. The van der Waals surface area contributed by atoms with Crippen LogP contribution in [0.3, 0.4) is 0 Å². The highest BCUT2D eigenvalue weighted by Gasteiger charge is 2.15. The standard InChI is InChI=1S/C19H14FNO3/c1-12-10-16(15-4-2-3-5-17(15)21-12)19(23)24-11-18(22)13-6-8-14(20)9-7-13/h2-10H,11H2,1H3. The molecule has 0 aliphatic rings. The molecule has 0 radical (unpaired) electrons. The third-order valence-electron chi connectivity index (χ3n) is 3.56. The van der Waals surface area contributed by atoms with Crippen LogP contribution in [0, 0.1) is 12.7 Å². The minimum absolute atomic E-state index is 0.292. The number of aromatic nitrogens is 1. The lowest BCUT2D eigenvalue weighted by atomic mass is 10.1. The summed E-state index contributed by atoms with van der Waals surface area (Å²) >= 11 is 0. The van der Waals surface area contributed by atoms with Crippen molar-refractivity contribution >= 4 is 22.7 Å². The summed E-state index contributed by atoms with van der Waals surface area (Å²) in [6, 6.07) is 14.0. The molecule has 0 aliphatic carbocycles. The van der Waals surface area contributed by atoms with E-state index in [9.17, 15) is 14.0 Å². The summed E-state index contributed by atoms with van der Waals surface area (Å²) < 4.78 is 18.0. The maximum absolute atomic E-state index is 12.9. The van der Waals surface area contributed by atoms with Crippen molar-refractivity contribution in [2.24, 2.45) is 0 Å². The zero-order valence-electron chi connectivity index (χ0n) is 13.0. The van der Waals surface area contributed by atoms with Gasteiger partial charge >= 0.3 is 5.97 Å². The molecule has 1 aromatic heterocycles. The fourth-order valence-corrected chi connectivity index (χ4v) is 2.40. The second-order valence-corrected chi connectivity index (χ2v) is 5.33. The first-order valence-corrected chi connectivity index (χ1v) is 7.37. The number of rotatable bonds is 4. The number of nitrogens with zero attached hydrogens (tertiary/aromatic N) is 1. The summed E-state index contributed by atoms with van der Waals surface area (Å²) in [5.74, 6) is -1.41. The van der Waals surface area contributed by atoms with Gasteiger partial charge in [0.25, 0.3) is 0 Å². The van der Waals surface area contributed by atoms with Crippen LogP contribution >= 0.6 is 0 Å². The lowest BCUT2D eigenvalue weighted by Crippen LogP contribution is -2.15. The highest BCUT2D eigenvalue weighted by atomic mass is 19.1. The van der Waals surface area contributed by atoms with Crippen molar-refractivity contribution < 1.29 is 18.7 Å². The summed E-state index contributed by atoms with van der Waals surface area (Å²) in [6.45, 7) is 1.38. The van der Waals surface area contributed by atoms with Gasteiger partial charge in [0.15, 0.2) is 12.4 Å². The molecule has 0 atom stereocenters. The highest BCUT2D eigenvalue weighted by Crippen LogP contribution is 2.19. The van der Waals surface area contributed by atoms with Crippen LogP contribution in [-0.2, 0) is 4.74 Å².